The summed E-state index contributed by atoms with van der Waals surface area (Å²) in [6.07, 6.45) is -9.85. The molecule has 0 amide bonds. The molecule has 119 heavy (non-hydrogen) atoms. The lowest BCUT2D eigenvalue weighted by Gasteiger charge is -2.24. The van der Waals surface area contributed by atoms with Gasteiger partial charge in [0, 0.05) is 27.7 Å². The number of phenols is 1. The summed E-state index contributed by atoms with van der Waals surface area (Å²) in [4.78, 5) is 53.1. The number of hydrogen-bond acceptors (Lipinski definition) is 23. The van der Waals surface area contributed by atoms with Crippen molar-refractivity contribution < 1.29 is 186 Å². The summed E-state index contributed by atoms with van der Waals surface area (Å²) in [5, 5.41) is 26.7. The average molecular weight is 1950 g/mol. The zero-order chi connectivity index (χ0) is 90.8. The molecule has 46 heteroatoms. The molecule has 3 N–H and O–H groups in total. The number of carboxylic acids is 2. The molecule has 0 unspecified atom stereocenters. The van der Waals surface area contributed by atoms with Gasteiger partial charge in [0.1, 0.15) is 64.2 Å². The molecule has 0 spiro atoms. The maximum absolute atomic E-state index is 13.3. The Labute approximate surface area is 704 Å². The molecular weight excluding hydrogens is 1890 g/mol. The van der Waals surface area contributed by atoms with Crippen molar-refractivity contribution in [3.8, 4) is 5.75 Å². The lowest BCUT2D eigenvalue weighted by molar-refractivity contribution is -0.143. The second kappa shape index (κ2) is 43.9. The number of benzene rings is 9. The van der Waals surface area contributed by atoms with Crippen LogP contribution in [-0.2, 0) is 83.3 Å². The lowest BCUT2D eigenvalue weighted by Crippen LogP contribution is -3.00. The Hall–Kier alpha value is -9.17. The predicted molar refractivity (Wildman–Crippen MR) is 396 cm³/mol. The Morgan fingerprint density at radius 1 is 0.412 bits per heavy atom. The largest absolute Gasteiger partial charge is 1.00 e. The maximum Gasteiger partial charge on any atom is 0.416 e. The molecule has 9 aromatic rings. The highest BCUT2D eigenvalue weighted by Gasteiger charge is 2.41. The second-order valence-electron chi connectivity index (χ2n) is 24.4. The topological polar surface area (TPSA) is 450 Å². The van der Waals surface area contributed by atoms with E-state index in [9.17, 15) is 137 Å². The summed E-state index contributed by atoms with van der Waals surface area (Å²) in [6.45, 7) is 13.2. The van der Waals surface area contributed by atoms with Gasteiger partial charge < -0.3 is 71.5 Å². The number of halogens is 14. The van der Waals surface area contributed by atoms with E-state index in [0.29, 0.717) is 54.6 Å². The van der Waals surface area contributed by atoms with Crippen LogP contribution in [0.5, 0.6) is 5.75 Å². The number of alkyl halides is 6. The maximum atomic E-state index is 13.3. The van der Waals surface area contributed by atoms with Crippen LogP contribution in [0.3, 0.4) is 0 Å². The number of carbonyl (C=O) groups excluding carboxylic acids is 3. The van der Waals surface area contributed by atoms with E-state index in [1.807, 2.05) is 39.8 Å². The molecular formula is C73H60BCl2F11IO25S6-5. The van der Waals surface area contributed by atoms with E-state index in [0.717, 1.165) is 92.6 Å². The van der Waals surface area contributed by atoms with Crippen molar-refractivity contribution in [1.82, 2.24) is 0 Å². The molecule has 9 rings (SSSR count). The molecule has 9 aromatic carbocycles. The third-order valence-corrected chi connectivity index (χ3v) is 21.9. The number of aromatic hydroxyl groups is 1. The Kier molecular flexibility index (Phi) is 39.0. The summed E-state index contributed by atoms with van der Waals surface area (Å²) in [5.41, 5.74) is -2.94. The molecule has 0 aliphatic rings. The Balaban J connectivity index is 0.000000482. The van der Waals surface area contributed by atoms with Crippen LogP contribution >= 0.6 is 23.2 Å². The second-order valence-corrected chi connectivity index (χ2v) is 34.1. The van der Waals surface area contributed by atoms with Crippen molar-refractivity contribution in [2.45, 2.75) is 118 Å². The minimum atomic E-state index is -4.93. The van der Waals surface area contributed by atoms with Crippen LogP contribution < -0.4 is 29.4 Å². The fourth-order valence-electron chi connectivity index (χ4n) is 9.07. The fraction of sp³-hybridized carbons (Fsp3) is 0.192. The molecule has 0 heterocycles. The first-order valence-corrected chi connectivity index (χ1v) is 41.0. The standard InChI is InChI=1S/C20H11Cl2F6S.C15H24O3S.C10H10O7S.C8H6O7S.C8H8O4S.C6BF5.C6H6O4S.HI/c21-14-1-5-16(6-2-14)29(17-7-3-15(22)4-8-17)18-10-12(19(23,24)25)9-13(11-18)20(26,27)28;1-9(2)12-7-13(10(3)4)15(19(16,17)18)14(8-12)11(5)6;1-16-9(11)6-3-7(10(12)17-2)5-8(4-6)18(13,14)15;9-7(10)4-1-5(8(11)12)3-6(2-4)16(13,14)15;1-6(9)7-2-4-8(5-3-7)13(10,11)12;7-1-2(8)4(10)6(12)5(11)3(1)9;7-5-1-3-6(4-2-5)11(8,9)10;/h1-11H;7-11H,1-6H3,(H,16,17,18);3-5H,1-2H3,(H,13,14,15);1-3H,(H,9,10)(H,11,12)(H,13,14,15);2-5H,1H3,(H,10,11,12);;1-4,7H,(H,8,9,10);1H/q+1;;;;;;;/p-6. The monoisotopic (exact) mass is 1950 g/mol. The van der Waals surface area contributed by atoms with Crippen LogP contribution in [0.25, 0.3) is 0 Å². The van der Waals surface area contributed by atoms with Gasteiger partial charge in [0.25, 0.3) is 0 Å². The van der Waals surface area contributed by atoms with Gasteiger partial charge in [-0.15, -0.1) is 0 Å². The van der Waals surface area contributed by atoms with Gasteiger partial charge in [-0.3, -0.25) is 4.79 Å². The first kappa shape index (κ1) is 106. The first-order valence-electron chi connectivity index (χ1n) is 32.0. The smallest absolute Gasteiger partial charge is 0.416 e. The number of ether oxygens (including phenoxy) is 2. The highest BCUT2D eigenvalue weighted by Crippen LogP contribution is 2.42. The van der Waals surface area contributed by atoms with E-state index in [1.54, 1.807) is 24.3 Å². The van der Waals surface area contributed by atoms with Gasteiger partial charge in [-0.2, -0.15) is 26.3 Å². The zero-order valence-corrected chi connectivity index (χ0v) is 70.5. The van der Waals surface area contributed by atoms with Gasteiger partial charge in [-0.25, -0.2) is 83.2 Å². The fourth-order valence-corrected chi connectivity index (χ4v) is 14.6. The molecule has 0 atom stereocenters. The average Bonchev–Trinajstić information content (AvgIpc) is 0.776. The molecule has 0 aliphatic carbocycles. The van der Waals surface area contributed by atoms with Crippen LogP contribution in [-0.4, -0.2) is 132 Å². The van der Waals surface area contributed by atoms with E-state index in [4.69, 9.17) is 38.5 Å². The molecule has 644 valence electrons. The number of carbonyl (C=O) groups is 5. The van der Waals surface area contributed by atoms with Crippen LogP contribution in [0.15, 0.2) is 203 Å². The molecule has 0 aromatic heterocycles. The molecule has 0 saturated heterocycles. The van der Waals surface area contributed by atoms with Crippen molar-refractivity contribution >= 4 is 128 Å². The summed E-state index contributed by atoms with van der Waals surface area (Å²) >= 11 is 11.8. The van der Waals surface area contributed by atoms with Crippen LogP contribution in [0.2, 0.25) is 10.0 Å². The van der Waals surface area contributed by atoms with Gasteiger partial charge in [-0.05, 0) is 174 Å². The predicted octanol–water partition coefficient (Wildman–Crippen LogP) is 11.5. The van der Waals surface area contributed by atoms with Gasteiger partial charge in [0.15, 0.2) is 49.6 Å². The summed E-state index contributed by atoms with van der Waals surface area (Å²) in [5.74, 6) is -15.0. The van der Waals surface area contributed by atoms with Crippen LogP contribution in [0, 0.1) is 29.1 Å². The number of esters is 2. The molecule has 0 aliphatic heterocycles. The number of methoxy groups -OCH3 is 2. The third-order valence-electron chi connectivity index (χ3n) is 14.9. The SMILES string of the molecule is CC(=O)c1ccc(S(=O)(=O)[O-])cc1.CC(C)c1cc(C(C)C)c(S(=O)(=O)[O-])c(C(C)C)c1.COC(=O)c1cc(C(=O)OC)cc(S(=O)(=O)[O-])c1.FC(F)(F)c1cc([S+](c2ccc(Cl)cc2)c2ccc(Cl)cc2)cc(C(F)(F)F)c1.O=C(O)c1cc(C(=O)O)cc(S(=O)(=O)[O-])c1.O=S(=O)([O-])c1ccc(O)cc1.[B]c1c(F)c(F)c(F)c(F)c1F.[I-]. The number of aromatic carboxylic acids is 2. The van der Waals surface area contributed by atoms with Crippen molar-refractivity contribution in [3.63, 3.8) is 0 Å². The highest BCUT2D eigenvalue weighted by molar-refractivity contribution is 7.97. The third kappa shape index (κ3) is 32.1. The molecule has 0 saturated carbocycles. The lowest BCUT2D eigenvalue weighted by atomic mass is 9.89. The molecule has 2 radical (unpaired) electrons. The van der Waals surface area contributed by atoms with E-state index in [2.05, 4.69) is 31.2 Å². The van der Waals surface area contributed by atoms with Crippen molar-refractivity contribution in [2.75, 3.05) is 14.2 Å². The number of ketones is 1. The minimum Gasteiger partial charge on any atom is -1.00 e. The number of carboxylic acid groups (broad SMARTS) is 2. The van der Waals surface area contributed by atoms with Gasteiger partial charge in [0.05, 0.1) is 83.0 Å². The molecule has 0 bridgehead atoms. The number of rotatable bonds is 16. The molecule has 25 nitrogen and oxygen atoms in total. The Morgan fingerprint density at radius 3 is 0.983 bits per heavy atom. The van der Waals surface area contributed by atoms with Gasteiger partial charge >= 0.3 is 36.2 Å². The number of Topliss-reactive ketones (excluding diaryl/α,β-unsaturated/α-hetero) is 1. The Bertz CT molecular complexity index is 5500. The zero-order valence-electron chi connectivity index (χ0n) is 62.0. The van der Waals surface area contributed by atoms with Gasteiger partial charge in [0.2, 0.25) is 0 Å². The molecule has 0 fully saturated rings. The van der Waals surface area contributed by atoms with Gasteiger partial charge in [-0.1, -0.05) is 89.0 Å². The Morgan fingerprint density at radius 2 is 0.714 bits per heavy atom. The van der Waals surface area contributed by atoms with Crippen molar-refractivity contribution in [1.29, 1.82) is 0 Å². The first-order chi connectivity index (χ1) is 53.9. The normalized spacial score (nSPS) is 11.5. The quantitative estimate of drug-likeness (QED) is 0.00930. The summed E-state index contributed by atoms with van der Waals surface area (Å²) < 4.78 is 312. The number of phenolic OH excluding ortho intramolecular Hbond substituents is 1. The van der Waals surface area contributed by atoms with E-state index < -0.39 is 164 Å². The summed E-state index contributed by atoms with van der Waals surface area (Å²) in [6, 6.07) is 31.8. The minimum absolute atomic E-state index is 0. The summed E-state index contributed by atoms with van der Waals surface area (Å²) in [7, 11) is -17.4. The van der Waals surface area contributed by atoms with Crippen molar-refractivity contribution in [3.05, 3.63) is 259 Å². The highest BCUT2D eigenvalue weighted by atomic mass is 127. The van der Waals surface area contributed by atoms with E-state index in [1.165, 1.54) is 43.3 Å². The van der Waals surface area contributed by atoms with Crippen molar-refractivity contribution in [2.24, 2.45) is 0 Å². The van der Waals surface area contributed by atoms with Crippen LogP contribution in [0.1, 0.15) is 146 Å². The number of hydrogen-bond donors (Lipinski definition) is 3. The van der Waals surface area contributed by atoms with E-state index in [-0.39, 0.29) is 84.1 Å². The van der Waals surface area contributed by atoms with Crippen LogP contribution in [0.4, 0.5) is 48.3 Å². The van der Waals surface area contributed by atoms with E-state index >= 15 is 0 Å².